The number of amides is 1. The number of hydrogen-bond donors (Lipinski definition) is 0. The van der Waals surface area contributed by atoms with E-state index in [2.05, 4.69) is 13.8 Å². The van der Waals surface area contributed by atoms with Crippen LogP contribution in [0.5, 0.6) is 0 Å². The van der Waals surface area contributed by atoms with Crippen molar-refractivity contribution in [2.24, 2.45) is 11.8 Å². The third kappa shape index (κ3) is 2.80. The zero-order chi connectivity index (χ0) is 16.4. The van der Waals surface area contributed by atoms with Gasteiger partial charge in [0.1, 0.15) is 11.5 Å². The van der Waals surface area contributed by atoms with Gasteiger partial charge in [0.15, 0.2) is 0 Å². The highest BCUT2D eigenvalue weighted by Crippen LogP contribution is 2.52. The molecular formula is C18H27NO4. The summed E-state index contributed by atoms with van der Waals surface area (Å²) in [6.45, 7) is 5.98. The molecule has 3 aliphatic rings. The Bertz CT molecular complexity index is 503. The van der Waals surface area contributed by atoms with E-state index < -0.39 is 17.4 Å². The van der Waals surface area contributed by atoms with E-state index in [0.29, 0.717) is 13.2 Å². The lowest BCUT2D eigenvalue weighted by molar-refractivity contribution is -0.153. The summed E-state index contributed by atoms with van der Waals surface area (Å²) in [6, 6.07) is 0. The molecule has 2 saturated heterocycles. The number of unbranched alkanes of at least 4 members (excludes halogenated alkanes) is 3. The first-order valence-electron chi connectivity index (χ1n) is 8.95. The fraction of sp³-hybridized carbons (Fsp3) is 0.778. The van der Waals surface area contributed by atoms with Gasteiger partial charge in [-0.25, -0.2) is 0 Å². The molecule has 0 aromatic carbocycles. The van der Waals surface area contributed by atoms with Gasteiger partial charge in [-0.15, -0.1) is 0 Å². The highest BCUT2D eigenvalue weighted by atomic mass is 16.6. The number of carbonyl (C=O) groups is 2. The minimum atomic E-state index is -0.595. The third-order valence-electron chi connectivity index (χ3n) is 5.22. The SMILES string of the molecule is CCCCCOC(=O)[C@H]1[C@@H]2C=C[C@]3(CN(CCCC)C(=O)[C@H]13)O2. The highest BCUT2D eigenvalue weighted by Gasteiger charge is 2.67. The van der Waals surface area contributed by atoms with Gasteiger partial charge in [-0.2, -0.15) is 0 Å². The predicted octanol–water partition coefficient (Wildman–Crippen LogP) is 2.30. The summed E-state index contributed by atoms with van der Waals surface area (Å²) in [6.07, 6.45) is 8.68. The largest absolute Gasteiger partial charge is 0.465 e. The fourth-order valence-electron chi connectivity index (χ4n) is 4.01. The summed E-state index contributed by atoms with van der Waals surface area (Å²) in [5, 5.41) is 0. The van der Waals surface area contributed by atoms with Crippen LogP contribution < -0.4 is 0 Å². The standard InChI is InChI=1S/C18H27NO4/c1-3-5-7-11-22-17(21)14-13-8-9-18(23-13)12-19(10-6-4-2)16(20)15(14)18/h8-9,13-15H,3-7,10-12H2,1-2H3/t13-,14-,15-,18+/m0/s1. The zero-order valence-corrected chi connectivity index (χ0v) is 14.1. The molecule has 3 heterocycles. The van der Waals surface area contributed by atoms with E-state index in [4.69, 9.17) is 9.47 Å². The number of hydrogen-bond acceptors (Lipinski definition) is 4. The Kier molecular flexibility index (Phi) is 4.76. The number of esters is 1. The van der Waals surface area contributed by atoms with Gasteiger partial charge in [0.2, 0.25) is 5.91 Å². The van der Waals surface area contributed by atoms with Crippen molar-refractivity contribution >= 4 is 11.9 Å². The molecule has 0 N–H and O–H groups in total. The Balaban J connectivity index is 1.67. The summed E-state index contributed by atoms with van der Waals surface area (Å²) in [7, 11) is 0. The molecule has 5 heteroatoms. The highest BCUT2D eigenvalue weighted by molar-refractivity contribution is 5.91. The molecule has 0 aromatic heterocycles. The van der Waals surface area contributed by atoms with E-state index in [-0.39, 0.29) is 18.0 Å². The molecule has 3 aliphatic heterocycles. The minimum Gasteiger partial charge on any atom is -0.465 e. The Hall–Kier alpha value is -1.36. The average molecular weight is 321 g/mol. The summed E-state index contributed by atoms with van der Waals surface area (Å²) in [5.74, 6) is -1.08. The summed E-state index contributed by atoms with van der Waals surface area (Å²) < 4.78 is 11.5. The fourth-order valence-corrected chi connectivity index (χ4v) is 4.01. The van der Waals surface area contributed by atoms with Crippen molar-refractivity contribution in [3.8, 4) is 0 Å². The third-order valence-corrected chi connectivity index (χ3v) is 5.22. The van der Waals surface area contributed by atoms with E-state index in [0.717, 1.165) is 38.6 Å². The number of fused-ring (bicyclic) bond motifs is 1. The summed E-state index contributed by atoms with van der Waals surface area (Å²) in [5.41, 5.74) is -0.595. The Labute approximate surface area is 138 Å². The van der Waals surface area contributed by atoms with Crippen LogP contribution in [0, 0.1) is 11.8 Å². The second-order valence-electron chi connectivity index (χ2n) is 6.89. The van der Waals surface area contributed by atoms with Crippen molar-refractivity contribution in [3.63, 3.8) is 0 Å². The molecular weight excluding hydrogens is 294 g/mol. The summed E-state index contributed by atoms with van der Waals surface area (Å²) >= 11 is 0. The molecule has 0 aromatic rings. The zero-order valence-electron chi connectivity index (χ0n) is 14.1. The monoisotopic (exact) mass is 321 g/mol. The quantitative estimate of drug-likeness (QED) is 0.391. The molecule has 5 nitrogen and oxygen atoms in total. The molecule has 0 unspecified atom stereocenters. The first-order chi connectivity index (χ1) is 11.1. The van der Waals surface area contributed by atoms with Gasteiger partial charge < -0.3 is 14.4 Å². The van der Waals surface area contributed by atoms with Crippen molar-refractivity contribution in [3.05, 3.63) is 12.2 Å². The maximum absolute atomic E-state index is 12.8. The Morgan fingerprint density at radius 2 is 2.13 bits per heavy atom. The lowest BCUT2D eigenvalue weighted by atomic mass is 9.77. The Morgan fingerprint density at radius 3 is 2.87 bits per heavy atom. The number of likely N-dealkylation sites (tertiary alicyclic amines) is 1. The number of carbonyl (C=O) groups excluding carboxylic acids is 2. The van der Waals surface area contributed by atoms with E-state index in [1.165, 1.54) is 0 Å². The van der Waals surface area contributed by atoms with Crippen molar-refractivity contribution < 1.29 is 19.1 Å². The molecule has 1 spiro atoms. The van der Waals surface area contributed by atoms with E-state index >= 15 is 0 Å². The van der Waals surface area contributed by atoms with Crippen LogP contribution in [0.3, 0.4) is 0 Å². The van der Waals surface area contributed by atoms with Crippen LogP contribution in [0.15, 0.2) is 12.2 Å². The lowest BCUT2D eigenvalue weighted by Crippen LogP contribution is -2.40. The van der Waals surface area contributed by atoms with E-state index in [1.54, 1.807) is 0 Å². The van der Waals surface area contributed by atoms with Crippen LogP contribution >= 0.6 is 0 Å². The van der Waals surface area contributed by atoms with E-state index in [1.807, 2.05) is 17.1 Å². The van der Waals surface area contributed by atoms with E-state index in [9.17, 15) is 9.59 Å². The van der Waals surface area contributed by atoms with Gasteiger partial charge in [0.05, 0.1) is 25.2 Å². The van der Waals surface area contributed by atoms with Crippen LogP contribution in [0.2, 0.25) is 0 Å². The van der Waals surface area contributed by atoms with Gasteiger partial charge >= 0.3 is 5.97 Å². The topological polar surface area (TPSA) is 55.8 Å². The van der Waals surface area contributed by atoms with Crippen LogP contribution in [0.25, 0.3) is 0 Å². The second-order valence-corrected chi connectivity index (χ2v) is 6.89. The Morgan fingerprint density at radius 1 is 1.35 bits per heavy atom. The smallest absolute Gasteiger partial charge is 0.312 e. The first-order valence-corrected chi connectivity index (χ1v) is 8.95. The van der Waals surface area contributed by atoms with Crippen LogP contribution in [0.1, 0.15) is 46.0 Å². The normalized spacial score (nSPS) is 34.3. The molecule has 4 atom stereocenters. The number of rotatable bonds is 8. The first kappa shape index (κ1) is 16.5. The molecule has 0 saturated carbocycles. The number of nitrogens with zero attached hydrogens (tertiary/aromatic N) is 1. The molecule has 2 bridgehead atoms. The maximum atomic E-state index is 12.8. The van der Waals surface area contributed by atoms with Crippen molar-refractivity contribution in [2.45, 2.75) is 57.7 Å². The van der Waals surface area contributed by atoms with Gasteiger partial charge in [-0.05, 0) is 12.8 Å². The summed E-state index contributed by atoms with van der Waals surface area (Å²) in [4.78, 5) is 27.1. The molecule has 1 amide bonds. The van der Waals surface area contributed by atoms with Gasteiger partial charge in [-0.1, -0.05) is 45.3 Å². The molecule has 0 radical (unpaired) electrons. The van der Waals surface area contributed by atoms with Gasteiger partial charge in [-0.3, -0.25) is 9.59 Å². The second kappa shape index (κ2) is 6.63. The van der Waals surface area contributed by atoms with Crippen molar-refractivity contribution in [1.29, 1.82) is 0 Å². The lowest BCUT2D eigenvalue weighted by Gasteiger charge is -2.22. The molecule has 3 rings (SSSR count). The van der Waals surface area contributed by atoms with Gasteiger partial charge in [0, 0.05) is 6.54 Å². The number of ether oxygens (including phenoxy) is 2. The van der Waals surface area contributed by atoms with Crippen molar-refractivity contribution in [2.75, 3.05) is 19.7 Å². The predicted molar refractivity (Wildman–Crippen MR) is 85.7 cm³/mol. The average Bonchev–Trinajstić information content (AvgIpc) is 3.18. The molecule has 0 aliphatic carbocycles. The van der Waals surface area contributed by atoms with Crippen LogP contribution in [-0.2, 0) is 19.1 Å². The van der Waals surface area contributed by atoms with Gasteiger partial charge in [0.25, 0.3) is 0 Å². The molecule has 2 fully saturated rings. The van der Waals surface area contributed by atoms with Crippen LogP contribution in [-0.4, -0.2) is 48.2 Å². The van der Waals surface area contributed by atoms with Crippen LogP contribution in [0.4, 0.5) is 0 Å². The molecule has 128 valence electrons. The minimum absolute atomic E-state index is 0.0563. The maximum Gasteiger partial charge on any atom is 0.312 e. The molecule has 23 heavy (non-hydrogen) atoms. The van der Waals surface area contributed by atoms with Crippen molar-refractivity contribution in [1.82, 2.24) is 4.90 Å².